The molecule has 0 aromatic heterocycles. The summed E-state index contributed by atoms with van der Waals surface area (Å²) in [5.74, 6) is 0. The molecule has 2 nitrogen and oxygen atoms in total. The first-order valence-corrected chi connectivity index (χ1v) is 4.05. The minimum atomic E-state index is -0.0750. The van der Waals surface area contributed by atoms with E-state index in [0.717, 1.165) is 11.3 Å². The van der Waals surface area contributed by atoms with Gasteiger partial charge in [-0.25, -0.2) is 0 Å². The number of para-hydroxylation sites is 1. The molecular formula is C10H12BNO. The molecule has 0 radical (unpaired) electrons. The fraction of sp³-hybridized carbons (Fsp3) is 0. The van der Waals surface area contributed by atoms with Crippen LogP contribution in [-0.2, 0) is 0 Å². The lowest BCUT2D eigenvalue weighted by atomic mass is 10.1. The molecule has 13 heavy (non-hydrogen) atoms. The van der Waals surface area contributed by atoms with Crippen LogP contribution < -0.4 is 4.81 Å². The third kappa shape index (κ3) is 2.01. The summed E-state index contributed by atoms with van der Waals surface area (Å²) in [6, 6.07) is 7.69. The zero-order valence-corrected chi connectivity index (χ0v) is 7.48. The second-order valence-corrected chi connectivity index (χ2v) is 2.56. The van der Waals surface area contributed by atoms with Crippen molar-refractivity contribution in [2.75, 3.05) is 4.81 Å². The summed E-state index contributed by atoms with van der Waals surface area (Å²) < 4.78 is 0. The number of nitrogens with zero attached hydrogens (tertiary/aromatic N) is 1. The zero-order valence-electron chi connectivity index (χ0n) is 7.48. The summed E-state index contributed by atoms with van der Waals surface area (Å²) in [5.41, 5.74) is 1.89. The predicted octanol–water partition coefficient (Wildman–Crippen LogP) is 1.54. The summed E-state index contributed by atoms with van der Waals surface area (Å²) >= 11 is 0. The average Bonchev–Trinajstić information content (AvgIpc) is 2.20. The Hall–Kier alpha value is -1.48. The number of rotatable bonds is 4. The third-order valence-electron chi connectivity index (χ3n) is 1.84. The Kier molecular flexibility index (Phi) is 3.35. The molecule has 0 saturated heterocycles. The van der Waals surface area contributed by atoms with E-state index in [4.69, 9.17) is 5.02 Å². The molecule has 0 aliphatic heterocycles. The Morgan fingerprint density at radius 2 is 2.00 bits per heavy atom. The topological polar surface area (TPSA) is 23.5 Å². The first-order valence-electron chi connectivity index (χ1n) is 4.05. The van der Waals surface area contributed by atoms with Crippen LogP contribution in [0, 0.1) is 0 Å². The highest BCUT2D eigenvalue weighted by atomic mass is 16.2. The van der Waals surface area contributed by atoms with Gasteiger partial charge in [-0.3, -0.25) is 0 Å². The van der Waals surface area contributed by atoms with Crippen LogP contribution in [0.15, 0.2) is 43.6 Å². The van der Waals surface area contributed by atoms with Gasteiger partial charge in [0.05, 0.1) is 0 Å². The van der Waals surface area contributed by atoms with E-state index in [9.17, 15) is 0 Å². The van der Waals surface area contributed by atoms with E-state index in [2.05, 4.69) is 13.2 Å². The molecule has 0 aliphatic rings. The summed E-state index contributed by atoms with van der Waals surface area (Å²) in [7, 11) is -0.0750. The molecule has 3 heteroatoms. The van der Waals surface area contributed by atoms with Gasteiger partial charge >= 0.3 is 7.62 Å². The van der Waals surface area contributed by atoms with Crippen LogP contribution >= 0.6 is 0 Å². The molecule has 0 bridgehead atoms. The van der Waals surface area contributed by atoms with Gasteiger partial charge in [0, 0.05) is 5.69 Å². The molecule has 1 rings (SSSR count). The van der Waals surface area contributed by atoms with E-state index in [1.807, 2.05) is 24.3 Å². The maximum Gasteiger partial charge on any atom is 0.398 e. The van der Waals surface area contributed by atoms with Gasteiger partial charge in [-0.05, 0) is 17.8 Å². The highest BCUT2D eigenvalue weighted by molar-refractivity contribution is 6.33. The Bertz CT molecular complexity index is 312. The molecule has 1 aromatic carbocycles. The molecule has 0 heterocycles. The monoisotopic (exact) mass is 173 g/mol. The van der Waals surface area contributed by atoms with Crippen LogP contribution in [0.25, 0.3) is 6.08 Å². The molecule has 0 atom stereocenters. The molecule has 0 unspecified atom stereocenters. The van der Waals surface area contributed by atoms with Crippen LogP contribution in [-0.4, -0.2) is 12.6 Å². The largest absolute Gasteiger partial charge is 0.435 e. The first-order chi connectivity index (χ1) is 6.33. The smallest absolute Gasteiger partial charge is 0.398 e. The van der Waals surface area contributed by atoms with Gasteiger partial charge in [-0.15, -0.1) is 0 Å². The van der Waals surface area contributed by atoms with Crippen LogP contribution in [0.1, 0.15) is 5.56 Å². The van der Waals surface area contributed by atoms with Crippen molar-refractivity contribution in [2.24, 2.45) is 0 Å². The van der Waals surface area contributed by atoms with E-state index in [1.165, 1.54) is 0 Å². The van der Waals surface area contributed by atoms with E-state index in [1.54, 1.807) is 17.1 Å². The maximum atomic E-state index is 9.02. The number of hydrogen-bond donors (Lipinski definition) is 1. The minimum absolute atomic E-state index is 0.0750. The van der Waals surface area contributed by atoms with Gasteiger partial charge in [0.1, 0.15) is 0 Å². The number of hydrogen-bond acceptors (Lipinski definition) is 2. The van der Waals surface area contributed by atoms with Crippen molar-refractivity contribution in [3.05, 3.63) is 49.2 Å². The SMILES string of the molecule is C=Cc1ccccc1N(BO)C=C. The lowest BCUT2D eigenvalue weighted by Gasteiger charge is -2.18. The second-order valence-electron chi connectivity index (χ2n) is 2.56. The first kappa shape index (κ1) is 9.61. The molecule has 1 N–H and O–H groups in total. The molecule has 0 spiro atoms. The quantitative estimate of drug-likeness (QED) is 0.698. The minimum Gasteiger partial charge on any atom is -0.435 e. The second kappa shape index (κ2) is 4.53. The molecule has 0 aliphatic carbocycles. The molecule has 0 saturated carbocycles. The zero-order chi connectivity index (χ0) is 9.68. The van der Waals surface area contributed by atoms with Crippen molar-refractivity contribution >= 4 is 19.4 Å². The average molecular weight is 173 g/mol. The summed E-state index contributed by atoms with van der Waals surface area (Å²) in [6.45, 7) is 7.32. The van der Waals surface area contributed by atoms with Crippen molar-refractivity contribution < 1.29 is 5.02 Å². The van der Waals surface area contributed by atoms with Crippen LogP contribution in [0.5, 0.6) is 0 Å². The lowest BCUT2D eigenvalue weighted by molar-refractivity contribution is 0.601. The Balaban J connectivity index is 3.10. The summed E-state index contributed by atoms with van der Waals surface area (Å²) in [6.07, 6.45) is 3.34. The normalized spacial score (nSPS) is 9.00. The summed E-state index contributed by atoms with van der Waals surface area (Å²) in [5, 5.41) is 9.02. The van der Waals surface area contributed by atoms with Crippen molar-refractivity contribution in [1.29, 1.82) is 0 Å². The van der Waals surface area contributed by atoms with Gasteiger partial charge in [0.2, 0.25) is 0 Å². The lowest BCUT2D eigenvalue weighted by Crippen LogP contribution is -2.20. The van der Waals surface area contributed by atoms with Crippen LogP contribution in [0.3, 0.4) is 0 Å². The van der Waals surface area contributed by atoms with Gasteiger partial charge in [-0.1, -0.05) is 37.4 Å². The van der Waals surface area contributed by atoms with Gasteiger partial charge in [0.15, 0.2) is 0 Å². The Morgan fingerprint density at radius 3 is 2.54 bits per heavy atom. The Labute approximate surface area is 79.1 Å². The number of benzene rings is 1. The maximum absolute atomic E-state index is 9.02. The molecule has 0 amide bonds. The Morgan fingerprint density at radius 1 is 1.31 bits per heavy atom. The highest BCUT2D eigenvalue weighted by Crippen LogP contribution is 2.20. The van der Waals surface area contributed by atoms with Crippen molar-refractivity contribution in [3.63, 3.8) is 0 Å². The van der Waals surface area contributed by atoms with Gasteiger partial charge < -0.3 is 9.83 Å². The van der Waals surface area contributed by atoms with Gasteiger partial charge in [0.25, 0.3) is 0 Å². The highest BCUT2D eigenvalue weighted by Gasteiger charge is 2.04. The fourth-order valence-corrected chi connectivity index (χ4v) is 1.15. The summed E-state index contributed by atoms with van der Waals surface area (Å²) in [4.78, 5) is 1.65. The van der Waals surface area contributed by atoms with Crippen molar-refractivity contribution in [2.45, 2.75) is 0 Å². The van der Waals surface area contributed by atoms with Crippen molar-refractivity contribution in [1.82, 2.24) is 0 Å². The molecule has 66 valence electrons. The van der Waals surface area contributed by atoms with Crippen molar-refractivity contribution in [3.8, 4) is 0 Å². The molecule has 0 fully saturated rings. The third-order valence-corrected chi connectivity index (χ3v) is 1.84. The predicted molar refractivity (Wildman–Crippen MR) is 58.6 cm³/mol. The van der Waals surface area contributed by atoms with Crippen LogP contribution in [0.2, 0.25) is 0 Å². The van der Waals surface area contributed by atoms with Gasteiger partial charge in [-0.2, -0.15) is 0 Å². The molecule has 1 aromatic rings. The van der Waals surface area contributed by atoms with E-state index < -0.39 is 0 Å². The van der Waals surface area contributed by atoms with E-state index in [0.29, 0.717) is 0 Å². The molecular weight excluding hydrogens is 161 g/mol. The van der Waals surface area contributed by atoms with E-state index in [-0.39, 0.29) is 7.62 Å². The fourth-order valence-electron chi connectivity index (χ4n) is 1.15. The van der Waals surface area contributed by atoms with E-state index >= 15 is 0 Å². The standard InChI is InChI=1S/C10H12BNO/c1-3-9-7-5-6-8-10(9)12(4-2)11-13/h3-8,11,13H,1-2H2. The number of anilines is 1. The van der Waals surface area contributed by atoms with Crippen LogP contribution in [0.4, 0.5) is 5.69 Å².